The molecule has 1 aromatic heterocycles. The largest absolute Gasteiger partial charge is 0.494 e. The van der Waals surface area contributed by atoms with Crippen LogP contribution in [0.2, 0.25) is 5.02 Å². The second-order valence-corrected chi connectivity index (χ2v) is 8.56. The number of unbranched alkanes of at least 4 members (excludes halogenated alkanes) is 1. The first-order valence-electron chi connectivity index (χ1n) is 11.6. The fourth-order valence-corrected chi connectivity index (χ4v) is 3.71. The van der Waals surface area contributed by atoms with Crippen molar-refractivity contribution >= 4 is 51.6 Å². The highest BCUT2D eigenvalue weighted by Gasteiger charge is 2.22. The van der Waals surface area contributed by atoms with Gasteiger partial charge in [-0.1, -0.05) is 37.1 Å². The quantitative estimate of drug-likeness (QED) is 0.208. The number of fused-ring (bicyclic) bond motifs is 1. The maximum Gasteiger partial charge on any atom is 0.328 e. The summed E-state index contributed by atoms with van der Waals surface area (Å²) < 4.78 is 20.8. The predicted molar refractivity (Wildman–Crippen MR) is 141 cm³/mol. The number of benzene rings is 3. The number of ether oxygens (including phenoxy) is 1. The second kappa shape index (κ2) is 11.6. The lowest BCUT2D eigenvalue weighted by Gasteiger charge is -2.13. The van der Waals surface area contributed by atoms with Crippen LogP contribution in [0.3, 0.4) is 0 Å². The summed E-state index contributed by atoms with van der Waals surface area (Å²) >= 11 is 6.08. The monoisotopic (exact) mass is 522 g/mol. The van der Waals surface area contributed by atoms with Crippen molar-refractivity contribution in [3.05, 3.63) is 89.3 Å². The summed E-state index contributed by atoms with van der Waals surface area (Å²) in [5, 5.41) is 5.93. The number of anilines is 2. The third-order valence-corrected chi connectivity index (χ3v) is 5.65. The Morgan fingerprint density at radius 3 is 2.43 bits per heavy atom. The molecule has 0 saturated heterocycles. The van der Waals surface area contributed by atoms with E-state index in [0.29, 0.717) is 34.0 Å². The van der Waals surface area contributed by atoms with Crippen molar-refractivity contribution < 1.29 is 23.5 Å². The molecule has 0 atom stereocenters. The number of aromatic nitrogens is 1. The average Bonchev–Trinajstić information content (AvgIpc) is 3.23. The summed E-state index contributed by atoms with van der Waals surface area (Å²) in [6.07, 6.45) is 1.94. The number of halogens is 2. The van der Waals surface area contributed by atoms with Gasteiger partial charge >= 0.3 is 11.8 Å². The molecule has 0 fully saturated rings. The molecule has 37 heavy (non-hydrogen) atoms. The molecule has 190 valence electrons. The molecule has 4 rings (SSSR count). The lowest BCUT2D eigenvalue weighted by atomic mass is 10.2. The molecule has 0 aliphatic heterocycles. The van der Waals surface area contributed by atoms with Crippen LogP contribution in [-0.2, 0) is 9.59 Å². The number of para-hydroxylation sites is 1. The number of nitrogens with one attached hydrogen (secondary N) is 3. The van der Waals surface area contributed by atoms with Crippen LogP contribution in [0, 0.1) is 5.82 Å². The Bertz CT molecular complexity index is 1450. The molecule has 0 aliphatic carbocycles. The lowest BCUT2D eigenvalue weighted by Crippen LogP contribution is -2.36. The summed E-state index contributed by atoms with van der Waals surface area (Å²) in [6.45, 7) is 2.66. The Kier molecular flexibility index (Phi) is 8.05. The molecule has 10 heteroatoms. The van der Waals surface area contributed by atoms with E-state index in [-0.39, 0.29) is 11.4 Å². The third kappa shape index (κ3) is 6.25. The number of hydrogen-bond donors (Lipinski definition) is 3. The number of carbonyl (C=O) groups is 3. The molecule has 3 amide bonds. The van der Waals surface area contributed by atoms with Crippen molar-refractivity contribution in [1.29, 1.82) is 0 Å². The first-order chi connectivity index (χ1) is 17.9. The molecule has 3 aromatic carbocycles. The smallest absolute Gasteiger partial charge is 0.328 e. The first-order valence-corrected chi connectivity index (χ1v) is 12.0. The number of nitrogens with zero attached hydrogens (tertiary/aromatic N) is 1. The van der Waals surface area contributed by atoms with Gasteiger partial charge in [0, 0.05) is 16.1 Å². The Hall–Kier alpha value is -4.37. The fraction of sp³-hybridized carbons (Fsp3) is 0.148. The minimum absolute atomic E-state index is 0.0322. The van der Waals surface area contributed by atoms with Gasteiger partial charge in [0.05, 0.1) is 17.8 Å². The average molecular weight is 523 g/mol. The van der Waals surface area contributed by atoms with Gasteiger partial charge in [-0.3, -0.25) is 19.8 Å². The molecule has 4 aromatic rings. The maximum atomic E-state index is 14.1. The molecule has 0 saturated carbocycles. The number of amides is 3. The van der Waals surface area contributed by atoms with E-state index in [4.69, 9.17) is 16.3 Å². The topological polar surface area (TPSA) is 101 Å². The Morgan fingerprint density at radius 2 is 1.70 bits per heavy atom. The van der Waals surface area contributed by atoms with E-state index in [0.717, 1.165) is 17.5 Å². The summed E-state index contributed by atoms with van der Waals surface area (Å²) in [6, 6.07) is 18.6. The highest BCUT2D eigenvalue weighted by molar-refractivity contribution is 6.42. The lowest BCUT2D eigenvalue weighted by molar-refractivity contribution is -0.133. The van der Waals surface area contributed by atoms with Gasteiger partial charge in [0.2, 0.25) is 0 Å². The first kappa shape index (κ1) is 25.7. The minimum atomic E-state index is -1.02. The van der Waals surface area contributed by atoms with Gasteiger partial charge in [0.25, 0.3) is 5.91 Å². The molecule has 0 radical (unpaired) electrons. The van der Waals surface area contributed by atoms with Crippen LogP contribution in [0.1, 0.15) is 30.3 Å². The van der Waals surface area contributed by atoms with E-state index >= 15 is 0 Å². The van der Waals surface area contributed by atoms with Gasteiger partial charge in [-0.15, -0.1) is 0 Å². The van der Waals surface area contributed by atoms with Gasteiger partial charge in [-0.05, 0) is 67.1 Å². The van der Waals surface area contributed by atoms with Crippen LogP contribution in [0.4, 0.5) is 15.8 Å². The summed E-state index contributed by atoms with van der Waals surface area (Å²) in [5.74, 6) is -2.63. The Balaban J connectivity index is 1.52. The zero-order valence-corrected chi connectivity index (χ0v) is 20.6. The number of rotatable bonds is 8. The van der Waals surface area contributed by atoms with Gasteiger partial charge in [-0.2, -0.15) is 0 Å². The fourth-order valence-electron chi connectivity index (χ4n) is 3.53. The third-order valence-electron chi connectivity index (χ3n) is 5.42. The van der Waals surface area contributed by atoms with Crippen LogP contribution in [-0.4, -0.2) is 29.0 Å². The van der Waals surface area contributed by atoms with Gasteiger partial charge in [0.15, 0.2) is 0 Å². The normalized spacial score (nSPS) is 10.7. The molecule has 8 nitrogen and oxygen atoms in total. The Morgan fingerprint density at radius 1 is 0.946 bits per heavy atom. The van der Waals surface area contributed by atoms with E-state index in [1.807, 2.05) is 0 Å². The van der Waals surface area contributed by atoms with Crippen molar-refractivity contribution in [3.63, 3.8) is 0 Å². The molecule has 3 N–H and O–H groups in total. The van der Waals surface area contributed by atoms with E-state index in [2.05, 4.69) is 23.0 Å². The van der Waals surface area contributed by atoms with Gasteiger partial charge in [0.1, 0.15) is 17.3 Å². The standard InChI is InChI=1S/C27H24ClFN4O4/c1-2-3-14-37-20-11-9-19(10-12-20)30-26(35)27(36)32-33-23-13-8-18(28)15-17(23)16-24(33)25(34)31-22-7-5-4-6-21(22)29/h4-13,15-16H,2-3,14H2,1H3,(H,30,35)(H,31,34)(H,32,36). The van der Waals surface area contributed by atoms with E-state index < -0.39 is 23.5 Å². The van der Waals surface area contributed by atoms with E-state index in [1.165, 1.54) is 24.3 Å². The molecule has 0 unspecified atom stereocenters. The molecular weight excluding hydrogens is 499 g/mol. The van der Waals surface area contributed by atoms with Crippen LogP contribution >= 0.6 is 11.6 Å². The van der Waals surface area contributed by atoms with Crippen LogP contribution in [0.25, 0.3) is 10.9 Å². The Labute approximate surface area is 217 Å². The minimum Gasteiger partial charge on any atom is -0.494 e. The molecular formula is C27H24ClFN4O4. The van der Waals surface area contributed by atoms with E-state index in [1.54, 1.807) is 48.5 Å². The molecule has 0 spiro atoms. The predicted octanol–water partition coefficient (Wildman–Crippen LogP) is 5.57. The zero-order valence-electron chi connectivity index (χ0n) is 19.9. The van der Waals surface area contributed by atoms with Gasteiger partial charge < -0.3 is 15.4 Å². The molecule has 1 heterocycles. The molecule has 0 bridgehead atoms. The van der Waals surface area contributed by atoms with Crippen molar-refractivity contribution in [3.8, 4) is 5.75 Å². The van der Waals surface area contributed by atoms with Crippen molar-refractivity contribution in [2.45, 2.75) is 19.8 Å². The van der Waals surface area contributed by atoms with Gasteiger partial charge in [-0.25, -0.2) is 9.07 Å². The van der Waals surface area contributed by atoms with Crippen molar-refractivity contribution in [2.75, 3.05) is 22.7 Å². The maximum absolute atomic E-state index is 14.1. The summed E-state index contributed by atoms with van der Waals surface area (Å²) in [7, 11) is 0. The number of carbonyl (C=O) groups excluding carboxylic acids is 3. The van der Waals surface area contributed by atoms with Crippen molar-refractivity contribution in [2.24, 2.45) is 0 Å². The SMILES string of the molecule is CCCCOc1ccc(NC(=O)C(=O)Nn2c(C(=O)Nc3ccccc3F)cc3cc(Cl)ccc32)cc1. The van der Waals surface area contributed by atoms with Crippen LogP contribution in [0.5, 0.6) is 5.75 Å². The van der Waals surface area contributed by atoms with Crippen LogP contribution in [0.15, 0.2) is 72.8 Å². The number of hydrogen-bond acceptors (Lipinski definition) is 4. The zero-order chi connectivity index (χ0) is 26.4. The summed E-state index contributed by atoms with van der Waals surface area (Å²) in [5.41, 5.74) is 3.19. The molecule has 0 aliphatic rings. The second-order valence-electron chi connectivity index (χ2n) is 8.12. The summed E-state index contributed by atoms with van der Waals surface area (Å²) in [4.78, 5) is 38.4. The van der Waals surface area contributed by atoms with E-state index in [9.17, 15) is 18.8 Å². The van der Waals surface area contributed by atoms with Crippen molar-refractivity contribution in [1.82, 2.24) is 4.68 Å². The van der Waals surface area contributed by atoms with Crippen LogP contribution < -0.4 is 20.8 Å². The highest BCUT2D eigenvalue weighted by Crippen LogP contribution is 2.24. The highest BCUT2D eigenvalue weighted by atomic mass is 35.5.